The molecule has 0 saturated carbocycles. The van der Waals surface area contributed by atoms with E-state index in [9.17, 15) is 4.79 Å². The third kappa shape index (κ3) is 2.97. The lowest BCUT2D eigenvalue weighted by Crippen LogP contribution is -2.35. The van der Waals surface area contributed by atoms with Gasteiger partial charge in [0.15, 0.2) is 0 Å². The number of hydrogen-bond donors (Lipinski definition) is 2. The number of nitrogens with two attached hydrogens (primary N) is 1. The van der Waals surface area contributed by atoms with Crippen molar-refractivity contribution in [2.24, 2.45) is 5.73 Å². The standard InChI is InChI=1S/C15H20ClN3O/c16-14-7-10(15(17)20)1-2-11(14)8-19-6-5-12-3-4-13(9-19)18-12/h1-2,7,12-13,18H,3-6,8-9H2,(H2,17,20). The van der Waals surface area contributed by atoms with Gasteiger partial charge >= 0.3 is 0 Å². The van der Waals surface area contributed by atoms with Crippen molar-refractivity contribution in [3.63, 3.8) is 0 Å². The highest BCUT2D eigenvalue weighted by atomic mass is 35.5. The third-order valence-corrected chi connectivity index (χ3v) is 4.69. The Bertz CT molecular complexity index is 520. The summed E-state index contributed by atoms with van der Waals surface area (Å²) in [4.78, 5) is 13.6. The van der Waals surface area contributed by atoms with E-state index in [0.29, 0.717) is 22.7 Å². The van der Waals surface area contributed by atoms with E-state index in [4.69, 9.17) is 17.3 Å². The van der Waals surface area contributed by atoms with Gasteiger partial charge in [0.1, 0.15) is 0 Å². The molecule has 2 unspecified atom stereocenters. The second kappa shape index (κ2) is 5.72. The summed E-state index contributed by atoms with van der Waals surface area (Å²) in [6, 6.07) is 6.65. The summed E-state index contributed by atoms with van der Waals surface area (Å²) in [6.45, 7) is 3.01. The summed E-state index contributed by atoms with van der Waals surface area (Å²) in [5, 5.41) is 4.30. The van der Waals surface area contributed by atoms with Crippen LogP contribution in [0.15, 0.2) is 18.2 Å². The highest BCUT2D eigenvalue weighted by Crippen LogP contribution is 2.24. The number of primary amides is 1. The van der Waals surface area contributed by atoms with Crippen molar-refractivity contribution >= 4 is 17.5 Å². The summed E-state index contributed by atoms with van der Waals surface area (Å²) >= 11 is 6.26. The Kier molecular flexibility index (Phi) is 3.96. The fourth-order valence-corrected chi connectivity index (χ4v) is 3.47. The molecule has 3 rings (SSSR count). The van der Waals surface area contributed by atoms with Gasteiger partial charge < -0.3 is 11.1 Å². The van der Waals surface area contributed by atoms with Gasteiger partial charge in [0.05, 0.1) is 0 Å². The molecule has 2 bridgehead atoms. The van der Waals surface area contributed by atoms with E-state index in [0.717, 1.165) is 25.2 Å². The molecular weight excluding hydrogens is 274 g/mol. The Hall–Kier alpha value is -1.10. The highest BCUT2D eigenvalue weighted by molar-refractivity contribution is 6.31. The molecule has 2 fully saturated rings. The van der Waals surface area contributed by atoms with E-state index in [1.807, 2.05) is 6.07 Å². The molecular formula is C15H20ClN3O. The monoisotopic (exact) mass is 293 g/mol. The summed E-state index contributed by atoms with van der Waals surface area (Å²) in [5.41, 5.74) is 6.79. The van der Waals surface area contributed by atoms with Gasteiger partial charge in [-0.3, -0.25) is 9.69 Å². The zero-order valence-corrected chi connectivity index (χ0v) is 12.2. The minimum atomic E-state index is -0.435. The normalized spacial score (nSPS) is 26.4. The Labute approximate surface area is 124 Å². The van der Waals surface area contributed by atoms with Crippen LogP contribution in [0.4, 0.5) is 0 Å². The SMILES string of the molecule is NC(=O)c1ccc(CN2CCC3CCC(C2)N3)c(Cl)c1. The molecule has 0 aliphatic carbocycles. The van der Waals surface area contributed by atoms with Crippen LogP contribution >= 0.6 is 11.6 Å². The molecule has 1 aromatic carbocycles. The van der Waals surface area contributed by atoms with Crippen LogP contribution in [0.3, 0.4) is 0 Å². The predicted molar refractivity (Wildman–Crippen MR) is 79.8 cm³/mol. The van der Waals surface area contributed by atoms with Crippen molar-refractivity contribution in [2.75, 3.05) is 13.1 Å². The molecule has 2 aliphatic heterocycles. The Morgan fingerprint density at radius 1 is 1.35 bits per heavy atom. The van der Waals surface area contributed by atoms with Crippen LogP contribution in [-0.2, 0) is 6.54 Å². The number of halogens is 1. The summed E-state index contributed by atoms with van der Waals surface area (Å²) < 4.78 is 0. The maximum atomic E-state index is 11.1. The summed E-state index contributed by atoms with van der Waals surface area (Å²) in [6.07, 6.45) is 3.79. The maximum Gasteiger partial charge on any atom is 0.248 e. The van der Waals surface area contributed by atoms with Crippen LogP contribution in [0.1, 0.15) is 35.2 Å². The van der Waals surface area contributed by atoms with Gasteiger partial charge in [0.25, 0.3) is 0 Å². The van der Waals surface area contributed by atoms with E-state index in [2.05, 4.69) is 10.2 Å². The summed E-state index contributed by atoms with van der Waals surface area (Å²) in [5.74, 6) is -0.435. The lowest BCUT2D eigenvalue weighted by Gasteiger charge is -2.24. The van der Waals surface area contributed by atoms with Gasteiger partial charge in [-0.25, -0.2) is 0 Å². The highest BCUT2D eigenvalue weighted by Gasteiger charge is 2.29. The fraction of sp³-hybridized carbons (Fsp3) is 0.533. The molecule has 1 amide bonds. The lowest BCUT2D eigenvalue weighted by molar-refractivity contribution is 0.100. The molecule has 3 N–H and O–H groups in total. The number of nitrogens with one attached hydrogen (secondary N) is 1. The molecule has 0 aromatic heterocycles. The first-order valence-electron chi connectivity index (χ1n) is 7.18. The third-order valence-electron chi connectivity index (χ3n) is 4.34. The number of nitrogens with zero attached hydrogens (tertiary/aromatic N) is 1. The molecule has 5 heteroatoms. The number of fused-ring (bicyclic) bond motifs is 2. The van der Waals surface area contributed by atoms with Gasteiger partial charge in [0, 0.05) is 42.3 Å². The minimum Gasteiger partial charge on any atom is -0.366 e. The molecule has 2 saturated heterocycles. The van der Waals surface area contributed by atoms with Crippen LogP contribution in [0.25, 0.3) is 0 Å². The van der Waals surface area contributed by atoms with Crippen LogP contribution < -0.4 is 11.1 Å². The first kappa shape index (κ1) is 13.9. The Balaban J connectivity index is 1.69. The lowest BCUT2D eigenvalue weighted by atomic mass is 10.1. The number of benzene rings is 1. The van der Waals surface area contributed by atoms with Crippen molar-refractivity contribution in [3.05, 3.63) is 34.3 Å². The molecule has 20 heavy (non-hydrogen) atoms. The van der Waals surface area contributed by atoms with Crippen LogP contribution in [-0.4, -0.2) is 36.0 Å². The largest absolute Gasteiger partial charge is 0.366 e. The molecule has 1 aromatic rings. The molecule has 2 heterocycles. The Morgan fingerprint density at radius 2 is 2.15 bits per heavy atom. The van der Waals surface area contributed by atoms with Gasteiger partial charge in [-0.15, -0.1) is 0 Å². The zero-order valence-electron chi connectivity index (χ0n) is 11.4. The molecule has 108 valence electrons. The Morgan fingerprint density at radius 3 is 2.90 bits per heavy atom. The zero-order chi connectivity index (χ0) is 14.1. The number of amides is 1. The smallest absolute Gasteiger partial charge is 0.248 e. The second-order valence-corrected chi connectivity index (χ2v) is 6.24. The van der Waals surface area contributed by atoms with E-state index in [1.54, 1.807) is 12.1 Å². The van der Waals surface area contributed by atoms with Crippen molar-refractivity contribution in [1.82, 2.24) is 10.2 Å². The van der Waals surface area contributed by atoms with E-state index in [1.165, 1.54) is 19.3 Å². The average molecular weight is 294 g/mol. The number of rotatable bonds is 3. The predicted octanol–water partition coefficient (Wildman–Crippen LogP) is 1.77. The quantitative estimate of drug-likeness (QED) is 0.893. The van der Waals surface area contributed by atoms with Crippen molar-refractivity contribution in [2.45, 2.75) is 37.9 Å². The number of carbonyl (C=O) groups excluding carboxylic acids is 1. The van der Waals surface area contributed by atoms with Crippen LogP contribution in [0.5, 0.6) is 0 Å². The van der Waals surface area contributed by atoms with Gasteiger partial charge in [0.2, 0.25) is 5.91 Å². The molecule has 0 radical (unpaired) electrons. The van der Waals surface area contributed by atoms with E-state index in [-0.39, 0.29) is 0 Å². The fourth-order valence-electron chi connectivity index (χ4n) is 3.23. The number of likely N-dealkylation sites (tertiary alicyclic amines) is 1. The van der Waals surface area contributed by atoms with Crippen molar-refractivity contribution in [3.8, 4) is 0 Å². The molecule has 4 nitrogen and oxygen atoms in total. The average Bonchev–Trinajstić information content (AvgIpc) is 2.74. The van der Waals surface area contributed by atoms with Crippen LogP contribution in [0, 0.1) is 0 Å². The minimum absolute atomic E-state index is 0.435. The first-order valence-corrected chi connectivity index (χ1v) is 7.56. The van der Waals surface area contributed by atoms with E-state index < -0.39 is 5.91 Å². The van der Waals surface area contributed by atoms with Crippen molar-refractivity contribution < 1.29 is 4.79 Å². The van der Waals surface area contributed by atoms with Crippen molar-refractivity contribution in [1.29, 1.82) is 0 Å². The molecule has 2 atom stereocenters. The van der Waals surface area contributed by atoms with Gasteiger partial charge in [-0.1, -0.05) is 17.7 Å². The van der Waals surface area contributed by atoms with Crippen LogP contribution in [0.2, 0.25) is 5.02 Å². The molecule has 0 spiro atoms. The van der Waals surface area contributed by atoms with E-state index >= 15 is 0 Å². The topological polar surface area (TPSA) is 58.4 Å². The summed E-state index contributed by atoms with van der Waals surface area (Å²) in [7, 11) is 0. The van der Waals surface area contributed by atoms with Gasteiger partial charge in [-0.05, 0) is 37.0 Å². The second-order valence-electron chi connectivity index (χ2n) is 5.83. The maximum absolute atomic E-state index is 11.1. The number of carbonyl (C=O) groups is 1. The molecule has 2 aliphatic rings. The first-order chi connectivity index (χ1) is 9.61. The number of hydrogen-bond acceptors (Lipinski definition) is 3. The van der Waals surface area contributed by atoms with Gasteiger partial charge in [-0.2, -0.15) is 0 Å².